The van der Waals surface area contributed by atoms with Gasteiger partial charge in [-0.3, -0.25) is 4.90 Å². The smallest absolute Gasteiger partial charge is 0.0602 e. The number of hydrogen-bond donors (Lipinski definition) is 0. The molecular formula is C16H15NS2. The third kappa shape index (κ3) is 2.82. The Kier molecular flexibility index (Phi) is 3.84. The maximum absolute atomic E-state index is 5.48. The highest BCUT2D eigenvalue weighted by Gasteiger charge is 2.22. The summed E-state index contributed by atoms with van der Waals surface area (Å²) in [6, 6.07) is 8.65. The fraction of sp³-hybridized carbons (Fsp3) is 0.250. The minimum absolute atomic E-state index is 0.471. The van der Waals surface area contributed by atoms with Crippen LogP contribution in [0.3, 0.4) is 0 Å². The Hall–Kier alpha value is -1.34. The Balaban J connectivity index is 1.91. The van der Waals surface area contributed by atoms with Crippen LogP contribution in [0.1, 0.15) is 15.7 Å². The molecule has 0 aliphatic carbocycles. The summed E-state index contributed by atoms with van der Waals surface area (Å²) < 4.78 is 0. The van der Waals surface area contributed by atoms with E-state index in [1.807, 2.05) is 11.3 Å². The molecule has 1 aliphatic heterocycles. The zero-order valence-corrected chi connectivity index (χ0v) is 12.2. The molecule has 1 aliphatic rings. The Morgan fingerprint density at radius 2 is 2.11 bits per heavy atom. The van der Waals surface area contributed by atoms with Gasteiger partial charge in [-0.15, -0.1) is 29.1 Å². The molecule has 0 saturated carbocycles. The van der Waals surface area contributed by atoms with Crippen LogP contribution < -0.4 is 0 Å². The second kappa shape index (κ2) is 5.75. The zero-order chi connectivity index (χ0) is 13.1. The van der Waals surface area contributed by atoms with Gasteiger partial charge in [0.15, 0.2) is 0 Å². The van der Waals surface area contributed by atoms with Crippen LogP contribution in [0.15, 0.2) is 41.1 Å². The molecule has 0 amide bonds. The number of nitrogens with zero attached hydrogens (tertiary/aromatic N) is 1. The molecule has 0 aromatic carbocycles. The van der Waals surface area contributed by atoms with Crippen molar-refractivity contribution >= 4 is 28.2 Å². The molecule has 0 spiro atoms. The second-order valence-electron chi connectivity index (χ2n) is 4.66. The van der Waals surface area contributed by atoms with Gasteiger partial charge in [0.2, 0.25) is 0 Å². The average molecular weight is 285 g/mol. The molecular weight excluding hydrogens is 270 g/mol. The Labute approximate surface area is 122 Å². The van der Waals surface area contributed by atoms with Crippen LogP contribution in [-0.4, -0.2) is 24.5 Å². The van der Waals surface area contributed by atoms with Gasteiger partial charge in [-0.1, -0.05) is 24.1 Å². The van der Waals surface area contributed by atoms with Crippen LogP contribution in [0.2, 0.25) is 0 Å². The fourth-order valence-electron chi connectivity index (χ4n) is 2.48. The van der Waals surface area contributed by atoms with E-state index in [1.54, 1.807) is 11.3 Å². The van der Waals surface area contributed by atoms with Gasteiger partial charge in [-0.2, -0.15) is 0 Å². The van der Waals surface area contributed by atoms with Gasteiger partial charge >= 0.3 is 0 Å². The lowest BCUT2D eigenvalue weighted by Gasteiger charge is -2.30. The number of thiophene rings is 2. The van der Waals surface area contributed by atoms with E-state index in [1.165, 1.54) is 15.3 Å². The van der Waals surface area contributed by atoms with Crippen molar-refractivity contribution in [1.29, 1.82) is 0 Å². The lowest BCUT2D eigenvalue weighted by Crippen LogP contribution is -2.33. The minimum atomic E-state index is 0.471. The van der Waals surface area contributed by atoms with Crippen molar-refractivity contribution in [2.75, 3.05) is 19.6 Å². The Morgan fingerprint density at radius 3 is 2.79 bits per heavy atom. The van der Waals surface area contributed by atoms with Crippen LogP contribution in [0.4, 0.5) is 0 Å². The molecule has 3 rings (SSSR count). The first kappa shape index (κ1) is 12.7. The van der Waals surface area contributed by atoms with E-state index in [2.05, 4.69) is 51.9 Å². The SMILES string of the molecule is C#CCN1CC(c2cccs2)=CC(c2cccs2)C1. The molecule has 0 bridgehead atoms. The highest BCUT2D eigenvalue weighted by Crippen LogP contribution is 2.33. The van der Waals surface area contributed by atoms with E-state index < -0.39 is 0 Å². The summed E-state index contributed by atoms with van der Waals surface area (Å²) in [5.74, 6) is 3.25. The largest absolute Gasteiger partial charge is 0.287 e. The first-order valence-corrected chi connectivity index (χ1v) is 8.06. The molecule has 19 heavy (non-hydrogen) atoms. The molecule has 1 nitrogen and oxygen atoms in total. The lowest BCUT2D eigenvalue weighted by atomic mass is 9.97. The van der Waals surface area contributed by atoms with E-state index >= 15 is 0 Å². The minimum Gasteiger partial charge on any atom is -0.287 e. The molecule has 96 valence electrons. The van der Waals surface area contributed by atoms with Crippen LogP contribution >= 0.6 is 22.7 Å². The second-order valence-corrected chi connectivity index (χ2v) is 6.59. The average Bonchev–Trinajstić information content (AvgIpc) is 3.12. The predicted molar refractivity (Wildman–Crippen MR) is 84.6 cm³/mol. The summed E-state index contributed by atoms with van der Waals surface area (Å²) in [5, 5.41) is 4.28. The van der Waals surface area contributed by atoms with Crippen molar-refractivity contribution in [3.05, 3.63) is 50.9 Å². The summed E-state index contributed by atoms with van der Waals surface area (Å²) in [6.07, 6.45) is 7.90. The summed E-state index contributed by atoms with van der Waals surface area (Å²) in [6.45, 7) is 2.72. The summed E-state index contributed by atoms with van der Waals surface area (Å²) in [5.41, 5.74) is 1.41. The molecule has 3 heteroatoms. The molecule has 2 aromatic heterocycles. The number of terminal acetylenes is 1. The standard InChI is InChI=1S/C16H15NS2/c1-2-7-17-11-13(15-5-3-8-18-15)10-14(12-17)16-6-4-9-19-16/h1,3-6,8-10,13H,7,11-12H2. The quantitative estimate of drug-likeness (QED) is 0.773. The molecule has 0 N–H and O–H groups in total. The van der Waals surface area contributed by atoms with Crippen LogP contribution in [-0.2, 0) is 0 Å². The van der Waals surface area contributed by atoms with Crippen molar-refractivity contribution < 1.29 is 0 Å². The van der Waals surface area contributed by atoms with Gasteiger partial charge in [0, 0.05) is 28.8 Å². The topological polar surface area (TPSA) is 3.24 Å². The van der Waals surface area contributed by atoms with Gasteiger partial charge in [0.25, 0.3) is 0 Å². The van der Waals surface area contributed by atoms with Crippen LogP contribution in [0, 0.1) is 12.3 Å². The van der Waals surface area contributed by atoms with Gasteiger partial charge < -0.3 is 0 Å². The molecule has 0 radical (unpaired) electrons. The van der Waals surface area contributed by atoms with Crippen molar-refractivity contribution in [3.63, 3.8) is 0 Å². The van der Waals surface area contributed by atoms with Gasteiger partial charge in [0.1, 0.15) is 0 Å². The van der Waals surface area contributed by atoms with Gasteiger partial charge in [-0.05, 0) is 28.5 Å². The van der Waals surface area contributed by atoms with Crippen molar-refractivity contribution in [3.8, 4) is 12.3 Å². The van der Waals surface area contributed by atoms with Crippen molar-refractivity contribution in [2.45, 2.75) is 5.92 Å². The molecule has 1 unspecified atom stereocenters. The molecule has 0 saturated heterocycles. The highest BCUT2D eigenvalue weighted by molar-refractivity contribution is 7.11. The molecule has 2 aromatic rings. The third-order valence-corrected chi connectivity index (χ3v) is 5.26. The van der Waals surface area contributed by atoms with E-state index in [-0.39, 0.29) is 0 Å². The van der Waals surface area contributed by atoms with Crippen molar-refractivity contribution in [1.82, 2.24) is 4.90 Å². The normalized spacial score (nSPS) is 19.9. The molecule has 3 heterocycles. The highest BCUT2D eigenvalue weighted by atomic mass is 32.1. The van der Waals surface area contributed by atoms with E-state index in [4.69, 9.17) is 6.42 Å². The first-order chi connectivity index (χ1) is 9.36. The van der Waals surface area contributed by atoms with Crippen LogP contribution in [0.25, 0.3) is 5.57 Å². The lowest BCUT2D eigenvalue weighted by molar-refractivity contribution is 0.326. The molecule has 0 fully saturated rings. The van der Waals surface area contributed by atoms with E-state index in [0.717, 1.165) is 19.6 Å². The van der Waals surface area contributed by atoms with Gasteiger partial charge in [-0.25, -0.2) is 0 Å². The first-order valence-electron chi connectivity index (χ1n) is 6.30. The van der Waals surface area contributed by atoms with Crippen LogP contribution in [0.5, 0.6) is 0 Å². The van der Waals surface area contributed by atoms with Crippen molar-refractivity contribution in [2.24, 2.45) is 0 Å². The maximum Gasteiger partial charge on any atom is 0.0602 e. The Morgan fingerprint density at radius 1 is 1.26 bits per heavy atom. The Bertz CT molecular complexity index is 587. The summed E-state index contributed by atoms with van der Waals surface area (Å²) in [4.78, 5) is 5.15. The predicted octanol–water partition coefficient (Wildman–Crippen LogP) is 3.93. The zero-order valence-electron chi connectivity index (χ0n) is 10.6. The summed E-state index contributed by atoms with van der Waals surface area (Å²) in [7, 11) is 0. The number of rotatable bonds is 3. The van der Waals surface area contributed by atoms with E-state index in [0.29, 0.717) is 5.92 Å². The van der Waals surface area contributed by atoms with Gasteiger partial charge in [0.05, 0.1) is 6.54 Å². The monoisotopic (exact) mass is 285 g/mol. The fourth-order valence-corrected chi connectivity index (χ4v) is 4.01. The maximum atomic E-state index is 5.48. The summed E-state index contributed by atoms with van der Waals surface area (Å²) >= 11 is 3.63. The van der Waals surface area contributed by atoms with E-state index in [9.17, 15) is 0 Å². The molecule has 1 atom stereocenters. The third-order valence-electron chi connectivity index (χ3n) is 3.31. The number of hydrogen-bond acceptors (Lipinski definition) is 3.